The van der Waals surface area contributed by atoms with Gasteiger partial charge < -0.3 is 10.2 Å². The second-order valence-corrected chi connectivity index (χ2v) is 5.72. The maximum Gasteiger partial charge on any atom is 0.123 e. The van der Waals surface area contributed by atoms with Gasteiger partial charge in [-0.1, -0.05) is 0 Å². The molecule has 2 aliphatic heterocycles. The fourth-order valence-corrected chi connectivity index (χ4v) is 3.62. The Balaban J connectivity index is 0.00000144. The average molecular weight is 323 g/mol. The van der Waals surface area contributed by atoms with Gasteiger partial charge in [-0.05, 0) is 61.0 Å². The highest BCUT2D eigenvalue weighted by molar-refractivity contribution is 5.85. The number of hydrogen-bond donors (Lipinski definition) is 1. The minimum absolute atomic E-state index is 0. The monoisotopic (exact) mass is 322 g/mol. The summed E-state index contributed by atoms with van der Waals surface area (Å²) in [6.45, 7) is 1.81. The Labute approximate surface area is 134 Å². The quantitative estimate of drug-likeness (QED) is 0.854. The summed E-state index contributed by atoms with van der Waals surface area (Å²) in [6, 6.07) is 11.9. The van der Waals surface area contributed by atoms with Gasteiger partial charge in [0.2, 0.25) is 0 Å². The number of nitrogens with one attached hydrogen (secondary N) is 1. The van der Waals surface area contributed by atoms with Crippen LogP contribution in [0.4, 0.5) is 20.2 Å². The first-order chi connectivity index (χ1) is 10.2. The van der Waals surface area contributed by atoms with Gasteiger partial charge in [-0.2, -0.15) is 0 Å². The van der Waals surface area contributed by atoms with Gasteiger partial charge in [-0.25, -0.2) is 8.78 Å². The first-order valence-corrected chi connectivity index (χ1v) is 7.29. The van der Waals surface area contributed by atoms with Crippen LogP contribution in [0.15, 0.2) is 42.5 Å². The Kier molecular flexibility index (Phi) is 4.06. The molecule has 2 heterocycles. The largest absolute Gasteiger partial charge is 0.337 e. The summed E-state index contributed by atoms with van der Waals surface area (Å²) in [5.74, 6) is -0.146. The second-order valence-electron chi connectivity index (χ2n) is 5.72. The zero-order valence-electron chi connectivity index (χ0n) is 11.9. The summed E-state index contributed by atoms with van der Waals surface area (Å²) >= 11 is 0. The average Bonchev–Trinajstić information content (AvgIpc) is 2.82. The van der Waals surface area contributed by atoms with Crippen LogP contribution in [-0.2, 0) is 0 Å². The molecule has 2 aromatic rings. The lowest BCUT2D eigenvalue weighted by Gasteiger charge is -2.34. The lowest BCUT2D eigenvalue weighted by atomic mass is 9.90. The molecule has 2 aliphatic rings. The molecule has 1 saturated heterocycles. The number of nitrogens with zero attached hydrogens (tertiary/aromatic N) is 1. The molecule has 0 spiro atoms. The molecular formula is C17H17ClF2N2. The highest BCUT2D eigenvalue weighted by atomic mass is 35.5. The Morgan fingerprint density at radius 1 is 1.00 bits per heavy atom. The van der Waals surface area contributed by atoms with E-state index >= 15 is 0 Å². The molecule has 2 aromatic carbocycles. The zero-order valence-corrected chi connectivity index (χ0v) is 12.7. The van der Waals surface area contributed by atoms with Crippen molar-refractivity contribution in [3.8, 4) is 0 Å². The standard InChI is InChI=1S/C17H16F2N2.ClH/c18-11-1-4-13(5-2-11)21-16-6-3-12(19)9-14(16)15-10-20-8-7-17(15)21;/h1-6,9,15,17,20H,7-8,10H2;1H/t15-,17+;/m1./s1. The van der Waals surface area contributed by atoms with Crippen LogP contribution in [0, 0.1) is 11.6 Å². The van der Waals surface area contributed by atoms with Gasteiger partial charge in [0.25, 0.3) is 0 Å². The van der Waals surface area contributed by atoms with E-state index in [2.05, 4.69) is 10.2 Å². The summed E-state index contributed by atoms with van der Waals surface area (Å²) in [5.41, 5.74) is 3.07. The predicted octanol–water partition coefficient (Wildman–Crippen LogP) is 3.98. The first kappa shape index (κ1) is 15.3. The van der Waals surface area contributed by atoms with E-state index in [0.717, 1.165) is 36.4 Å². The number of benzene rings is 2. The summed E-state index contributed by atoms with van der Waals surface area (Å²) in [5, 5.41) is 3.39. The number of fused-ring (bicyclic) bond motifs is 3. The Morgan fingerprint density at radius 2 is 1.73 bits per heavy atom. The molecule has 4 rings (SSSR count). The lowest BCUT2D eigenvalue weighted by molar-refractivity contribution is 0.419. The van der Waals surface area contributed by atoms with Gasteiger partial charge in [0.05, 0.1) is 0 Å². The van der Waals surface area contributed by atoms with E-state index in [1.54, 1.807) is 18.2 Å². The van der Waals surface area contributed by atoms with E-state index in [0.29, 0.717) is 6.04 Å². The van der Waals surface area contributed by atoms with Gasteiger partial charge >= 0.3 is 0 Å². The minimum atomic E-state index is -0.237. The van der Waals surface area contributed by atoms with Crippen LogP contribution >= 0.6 is 12.4 Å². The summed E-state index contributed by atoms with van der Waals surface area (Å²) < 4.78 is 26.8. The Morgan fingerprint density at radius 3 is 2.50 bits per heavy atom. The van der Waals surface area contributed by atoms with E-state index in [4.69, 9.17) is 0 Å². The molecule has 116 valence electrons. The number of hydrogen-bond acceptors (Lipinski definition) is 2. The van der Waals surface area contributed by atoms with Crippen molar-refractivity contribution in [3.05, 3.63) is 59.7 Å². The molecule has 0 saturated carbocycles. The van der Waals surface area contributed by atoms with Crippen LogP contribution in [0.25, 0.3) is 0 Å². The molecule has 2 nitrogen and oxygen atoms in total. The molecule has 1 N–H and O–H groups in total. The van der Waals surface area contributed by atoms with Crippen LogP contribution in [0.1, 0.15) is 17.9 Å². The van der Waals surface area contributed by atoms with Crippen molar-refractivity contribution in [2.45, 2.75) is 18.4 Å². The molecule has 0 bridgehead atoms. The van der Waals surface area contributed by atoms with Crippen molar-refractivity contribution in [1.29, 1.82) is 0 Å². The summed E-state index contributed by atoms with van der Waals surface area (Å²) in [6.07, 6.45) is 0.998. The van der Waals surface area contributed by atoms with Crippen LogP contribution in [-0.4, -0.2) is 19.1 Å². The molecule has 0 amide bonds. The van der Waals surface area contributed by atoms with Crippen molar-refractivity contribution in [2.24, 2.45) is 0 Å². The molecule has 0 radical (unpaired) electrons. The van der Waals surface area contributed by atoms with Crippen molar-refractivity contribution in [1.82, 2.24) is 5.32 Å². The van der Waals surface area contributed by atoms with Crippen molar-refractivity contribution < 1.29 is 8.78 Å². The smallest absolute Gasteiger partial charge is 0.123 e. The van der Waals surface area contributed by atoms with E-state index in [-0.39, 0.29) is 30.0 Å². The fraction of sp³-hybridized carbons (Fsp3) is 0.294. The number of piperidine rings is 1. The third kappa shape index (κ3) is 2.36. The van der Waals surface area contributed by atoms with Gasteiger partial charge in [-0.15, -0.1) is 12.4 Å². The van der Waals surface area contributed by atoms with E-state index < -0.39 is 0 Å². The Bertz CT molecular complexity index is 675. The fourth-order valence-electron chi connectivity index (χ4n) is 3.62. The number of anilines is 2. The zero-order chi connectivity index (χ0) is 14.4. The third-order valence-electron chi connectivity index (χ3n) is 4.53. The van der Waals surface area contributed by atoms with E-state index in [1.807, 2.05) is 6.07 Å². The van der Waals surface area contributed by atoms with E-state index in [1.165, 1.54) is 18.2 Å². The number of rotatable bonds is 1. The SMILES string of the molecule is Cl.Fc1ccc(N2c3ccc(F)cc3[C@H]3CNCC[C@@H]32)cc1. The molecule has 2 atom stereocenters. The van der Waals surface area contributed by atoms with Gasteiger partial charge in [-0.3, -0.25) is 0 Å². The van der Waals surface area contributed by atoms with Gasteiger partial charge in [0.1, 0.15) is 11.6 Å². The molecule has 22 heavy (non-hydrogen) atoms. The molecule has 0 unspecified atom stereocenters. The summed E-state index contributed by atoms with van der Waals surface area (Å²) in [7, 11) is 0. The molecule has 5 heteroatoms. The van der Waals surface area contributed by atoms with Crippen LogP contribution in [0.5, 0.6) is 0 Å². The predicted molar refractivity (Wildman–Crippen MR) is 86.2 cm³/mol. The maximum absolute atomic E-state index is 13.6. The molecule has 1 fully saturated rings. The van der Waals surface area contributed by atoms with Gasteiger partial charge in [0, 0.05) is 29.9 Å². The highest BCUT2D eigenvalue weighted by Crippen LogP contribution is 2.47. The van der Waals surface area contributed by atoms with E-state index in [9.17, 15) is 8.78 Å². The van der Waals surface area contributed by atoms with Crippen LogP contribution in [0.3, 0.4) is 0 Å². The number of halogens is 3. The van der Waals surface area contributed by atoms with Crippen LogP contribution in [0.2, 0.25) is 0 Å². The topological polar surface area (TPSA) is 15.3 Å². The third-order valence-corrected chi connectivity index (χ3v) is 4.53. The molecule has 0 aromatic heterocycles. The van der Waals surface area contributed by atoms with Crippen molar-refractivity contribution >= 4 is 23.8 Å². The lowest BCUT2D eigenvalue weighted by Crippen LogP contribution is -2.42. The highest BCUT2D eigenvalue weighted by Gasteiger charge is 2.40. The first-order valence-electron chi connectivity index (χ1n) is 7.29. The van der Waals surface area contributed by atoms with Crippen molar-refractivity contribution in [3.63, 3.8) is 0 Å². The maximum atomic E-state index is 13.6. The van der Waals surface area contributed by atoms with Crippen molar-refractivity contribution in [2.75, 3.05) is 18.0 Å². The van der Waals surface area contributed by atoms with Crippen LogP contribution < -0.4 is 10.2 Å². The summed E-state index contributed by atoms with van der Waals surface area (Å²) in [4.78, 5) is 2.24. The molecular weight excluding hydrogens is 306 g/mol. The van der Waals surface area contributed by atoms with Gasteiger partial charge in [0.15, 0.2) is 0 Å². The minimum Gasteiger partial charge on any atom is -0.337 e. The normalized spacial score (nSPS) is 22.7. The Hall–Kier alpha value is -1.65. The second kappa shape index (κ2) is 5.86. The molecule has 0 aliphatic carbocycles.